The Labute approximate surface area is 117 Å². The van der Waals surface area contributed by atoms with Gasteiger partial charge in [-0.05, 0) is 29.8 Å². The Morgan fingerprint density at radius 1 is 0.857 bits per heavy atom. The second kappa shape index (κ2) is 5.62. The molecular weight excluding hydrogens is 335 g/mol. The van der Waals surface area contributed by atoms with Crippen molar-refractivity contribution in [1.82, 2.24) is 0 Å². The van der Waals surface area contributed by atoms with Gasteiger partial charge >= 0.3 is 17.9 Å². The fraction of sp³-hybridized carbons (Fsp3) is 0.455. The molecule has 0 bridgehead atoms. The molecule has 120 valence electrons. The first-order valence-electron chi connectivity index (χ1n) is 5.33. The smallest absolute Gasteiger partial charge is 0.166 e. The van der Waals surface area contributed by atoms with Crippen molar-refractivity contribution in [2.45, 2.75) is 36.1 Å². The predicted octanol–water partition coefficient (Wildman–Crippen LogP) is 5.90. The van der Waals surface area contributed by atoms with Gasteiger partial charge < -0.3 is 0 Å². The van der Waals surface area contributed by atoms with Crippen molar-refractivity contribution in [3.63, 3.8) is 0 Å². The molecule has 0 aliphatic carbocycles. The average molecular weight is 342 g/mol. The summed E-state index contributed by atoms with van der Waals surface area (Å²) in [5, 5.41) is 0. The van der Waals surface area contributed by atoms with Gasteiger partial charge in [-0.25, -0.2) is 0 Å². The number of hydrogen-bond donors (Lipinski definition) is 0. The van der Waals surface area contributed by atoms with E-state index < -0.39 is 51.2 Å². The van der Waals surface area contributed by atoms with Crippen molar-refractivity contribution in [3.05, 3.63) is 28.8 Å². The Kier molecular flexibility index (Phi) is 4.81. The molecule has 1 rings (SSSR count). The Bertz CT molecular complexity index is 510. The van der Waals surface area contributed by atoms with E-state index in [0.29, 0.717) is 6.07 Å². The van der Waals surface area contributed by atoms with Crippen LogP contribution in [0.5, 0.6) is 0 Å². The van der Waals surface area contributed by atoms with Gasteiger partial charge in [-0.1, -0.05) is 13.0 Å². The second-order valence-corrected chi connectivity index (χ2v) is 4.95. The van der Waals surface area contributed by atoms with Gasteiger partial charge in [0.05, 0.1) is 11.1 Å². The van der Waals surface area contributed by atoms with Crippen LogP contribution < -0.4 is 0 Å². The lowest BCUT2D eigenvalue weighted by Gasteiger charge is -2.21. The van der Waals surface area contributed by atoms with Crippen molar-refractivity contribution in [1.29, 1.82) is 0 Å². The van der Waals surface area contributed by atoms with E-state index in [4.69, 9.17) is 0 Å². The van der Waals surface area contributed by atoms with E-state index in [0.717, 1.165) is 0 Å². The number of aryl methyl sites for hydroxylation is 1. The van der Waals surface area contributed by atoms with E-state index in [1.54, 1.807) is 0 Å². The Morgan fingerprint density at radius 2 is 1.38 bits per heavy atom. The summed E-state index contributed by atoms with van der Waals surface area (Å²) in [4.78, 5) is -1.45. The zero-order valence-electron chi connectivity index (χ0n) is 10.2. The molecule has 0 radical (unpaired) electrons. The Hall–Kier alpha value is -1.06. The van der Waals surface area contributed by atoms with Gasteiger partial charge in [0, 0.05) is 4.90 Å². The SMILES string of the molecule is CCc1ccc(C(F)(F)F)c(C(F)(F)F)c1SC(F)(F)F. The van der Waals surface area contributed by atoms with Crippen LogP contribution in [0.25, 0.3) is 0 Å². The quantitative estimate of drug-likeness (QED) is 0.476. The molecule has 0 aromatic heterocycles. The summed E-state index contributed by atoms with van der Waals surface area (Å²) in [5.74, 6) is 0. The average Bonchev–Trinajstić information content (AvgIpc) is 2.23. The summed E-state index contributed by atoms with van der Waals surface area (Å²) in [5.41, 5.74) is -10.00. The van der Waals surface area contributed by atoms with E-state index in [1.165, 1.54) is 6.92 Å². The third-order valence-electron chi connectivity index (χ3n) is 2.43. The normalized spacial score (nSPS) is 13.6. The summed E-state index contributed by atoms with van der Waals surface area (Å²) in [6, 6.07) is 0.786. The zero-order valence-corrected chi connectivity index (χ0v) is 11.0. The molecule has 0 nitrogen and oxygen atoms in total. The number of halogens is 9. The van der Waals surface area contributed by atoms with Crippen molar-refractivity contribution < 1.29 is 39.5 Å². The first kappa shape index (κ1) is 18.0. The molecule has 0 heterocycles. The second-order valence-electron chi connectivity index (χ2n) is 3.87. The van der Waals surface area contributed by atoms with Crippen LogP contribution in [0.1, 0.15) is 23.6 Å². The van der Waals surface area contributed by atoms with Crippen LogP contribution in [-0.2, 0) is 18.8 Å². The van der Waals surface area contributed by atoms with Gasteiger partial charge in [0.2, 0.25) is 0 Å². The minimum atomic E-state index is -5.55. The Balaban J connectivity index is 3.71. The van der Waals surface area contributed by atoms with E-state index in [2.05, 4.69) is 0 Å². The van der Waals surface area contributed by atoms with Gasteiger partial charge in [-0.15, -0.1) is 0 Å². The number of thioether (sulfide) groups is 1. The van der Waals surface area contributed by atoms with Crippen LogP contribution in [0.2, 0.25) is 0 Å². The maximum atomic E-state index is 12.9. The molecule has 21 heavy (non-hydrogen) atoms. The van der Waals surface area contributed by atoms with E-state index in [1.807, 2.05) is 0 Å². The van der Waals surface area contributed by atoms with Gasteiger partial charge in [0.25, 0.3) is 0 Å². The third-order valence-corrected chi connectivity index (χ3v) is 3.33. The molecule has 0 saturated heterocycles. The van der Waals surface area contributed by atoms with Crippen molar-refractivity contribution in [3.8, 4) is 0 Å². The van der Waals surface area contributed by atoms with Crippen LogP contribution in [0.4, 0.5) is 39.5 Å². The van der Waals surface area contributed by atoms with Crippen LogP contribution >= 0.6 is 11.8 Å². The molecule has 1 aromatic rings. The van der Waals surface area contributed by atoms with Crippen molar-refractivity contribution in [2.24, 2.45) is 0 Å². The van der Waals surface area contributed by atoms with Gasteiger partial charge in [0.15, 0.2) is 0 Å². The van der Waals surface area contributed by atoms with Gasteiger partial charge in [-0.2, -0.15) is 39.5 Å². The summed E-state index contributed by atoms with van der Waals surface area (Å²) >= 11 is -1.18. The molecule has 0 aliphatic rings. The zero-order chi connectivity index (χ0) is 16.6. The lowest BCUT2D eigenvalue weighted by molar-refractivity contribution is -0.163. The monoisotopic (exact) mass is 342 g/mol. The Morgan fingerprint density at radius 3 is 1.71 bits per heavy atom. The van der Waals surface area contributed by atoms with E-state index in [-0.39, 0.29) is 12.5 Å². The minimum Gasteiger partial charge on any atom is -0.166 e. The highest BCUT2D eigenvalue weighted by molar-refractivity contribution is 8.00. The largest absolute Gasteiger partial charge is 0.446 e. The molecule has 10 heteroatoms. The van der Waals surface area contributed by atoms with E-state index in [9.17, 15) is 39.5 Å². The van der Waals surface area contributed by atoms with Crippen LogP contribution in [0.3, 0.4) is 0 Å². The molecule has 0 atom stereocenters. The van der Waals surface area contributed by atoms with Gasteiger partial charge in [0.1, 0.15) is 0 Å². The third kappa shape index (κ3) is 4.45. The maximum absolute atomic E-state index is 12.9. The fourth-order valence-corrected chi connectivity index (χ4v) is 2.56. The minimum absolute atomic E-state index is 0.155. The summed E-state index contributed by atoms with van der Waals surface area (Å²) in [6.07, 6.45) is -11.2. The molecule has 0 unspecified atom stereocenters. The number of rotatable bonds is 2. The van der Waals surface area contributed by atoms with Crippen molar-refractivity contribution in [2.75, 3.05) is 0 Å². The molecule has 1 aromatic carbocycles. The molecule has 0 fully saturated rings. The van der Waals surface area contributed by atoms with Crippen LogP contribution in [0.15, 0.2) is 17.0 Å². The first-order chi connectivity index (χ1) is 9.27. The summed E-state index contributed by atoms with van der Waals surface area (Å²) in [6.45, 7) is 1.25. The first-order valence-corrected chi connectivity index (χ1v) is 6.15. The fourth-order valence-electron chi connectivity index (χ4n) is 1.65. The standard InChI is InChI=1S/C11H7F9S/c1-2-5-3-4-6(9(12,13)14)7(10(15,16)17)8(5)21-11(18,19)20/h3-4H,2H2,1H3. The maximum Gasteiger partial charge on any atom is 0.446 e. The molecule has 0 saturated carbocycles. The predicted molar refractivity (Wildman–Crippen MR) is 57.7 cm³/mol. The number of hydrogen-bond acceptors (Lipinski definition) is 1. The summed E-state index contributed by atoms with van der Waals surface area (Å²) < 4.78 is 114. The number of alkyl halides is 9. The van der Waals surface area contributed by atoms with Gasteiger partial charge in [-0.3, -0.25) is 0 Å². The lowest BCUT2D eigenvalue weighted by atomic mass is 10.0. The van der Waals surface area contributed by atoms with Crippen LogP contribution in [-0.4, -0.2) is 5.51 Å². The highest BCUT2D eigenvalue weighted by Crippen LogP contribution is 2.49. The molecular formula is C11H7F9S. The molecule has 0 N–H and O–H groups in total. The summed E-state index contributed by atoms with van der Waals surface area (Å²) in [7, 11) is 0. The topological polar surface area (TPSA) is 0 Å². The molecule has 0 aliphatic heterocycles. The van der Waals surface area contributed by atoms with Crippen LogP contribution in [0, 0.1) is 0 Å². The molecule has 0 amide bonds. The highest BCUT2D eigenvalue weighted by Gasteiger charge is 2.47. The molecule has 0 spiro atoms. The highest BCUT2D eigenvalue weighted by atomic mass is 32.2. The van der Waals surface area contributed by atoms with Crippen molar-refractivity contribution >= 4 is 11.8 Å². The van der Waals surface area contributed by atoms with E-state index >= 15 is 0 Å². The lowest BCUT2D eigenvalue weighted by Crippen LogP contribution is -2.19. The number of benzene rings is 1.